The summed E-state index contributed by atoms with van der Waals surface area (Å²) in [6, 6.07) is 67.1. The Balaban J connectivity index is 1.06. The fourth-order valence-corrected chi connectivity index (χ4v) is 8.30. The van der Waals surface area contributed by atoms with Gasteiger partial charge in [-0.1, -0.05) is 152 Å². The van der Waals surface area contributed by atoms with Crippen molar-refractivity contribution in [3.63, 3.8) is 0 Å². The van der Waals surface area contributed by atoms with Crippen molar-refractivity contribution in [2.75, 3.05) is 0 Å². The van der Waals surface area contributed by atoms with Gasteiger partial charge in [0.1, 0.15) is 0 Å². The van der Waals surface area contributed by atoms with Gasteiger partial charge in [0, 0.05) is 38.7 Å². The molecule has 11 rings (SSSR count). The molecule has 2 heterocycles. The lowest BCUT2D eigenvalue weighted by Gasteiger charge is -2.13. The number of hydrogen-bond donors (Lipinski definition) is 0. The summed E-state index contributed by atoms with van der Waals surface area (Å²) in [6.45, 7) is 0. The van der Waals surface area contributed by atoms with Crippen LogP contribution in [0.15, 0.2) is 188 Å². The summed E-state index contributed by atoms with van der Waals surface area (Å²) in [4.78, 5) is 10.3. The van der Waals surface area contributed by atoms with E-state index in [0.29, 0.717) is 5.82 Å². The minimum atomic E-state index is 0.699. The summed E-state index contributed by atoms with van der Waals surface area (Å²) in [6.07, 6.45) is 0. The Morgan fingerprint density at radius 2 is 0.962 bits per heavy atom. The van der Waals surface area contributed by atoms with Crippen LogP contribution in [0, 0.1) is 0 Å². The predicted molar refractivity (Wildman–Crippen MR) is 220 cm³/mol. The molecule has 0 atom stereocenters. The highest BCUT2D eigenvalue weighted by atomic mass is 15.0. The zero-order chi connectivity index (χ0) is 34.9. The van der Waals surface area contributed by atoms with Crippen LogP contribution in [0.2, 0.25) is 0 Å². The molecule has 0 bridgehead atoms. The number of fused-ring (bicyclic) bond motifs is 7. The Morgan fingerprint density at radius 3 is 1.70 bits per heavy atom. The lowest BCUT2D eigenvalue weighted by molar-refractivity contribution is 1.16. The lowest BCUT2D eigenvalue weighted by Crippen LogP contribution is -1.98. The molecule has 8 aromatic carbocycles. The second kappa shape index (κ2) is 11.7. The van der Waals surface area contributed by atoms with E-state index in [0.717, 1.165) is 33.8 Å². The zero-order valence-corrected chi connectivity index (χ0v) is 28.7. The van der Waals surface area contributed by atoms with Crippen LogP contribution < -0.4 is 0 Å². The summed E-state index contributed by atoms with van der Waals surface area (Å²) in [7, 11) is 0. The van der Waals surface area contributed by atoms with Crippen molar-refractivity contribution >= 4 is 32.6 Å². The van der Waals surface area contributed by atoms with Gasteiger partial charge < -0.3 is 4.57 Å². The van der Waals surface area contributed by atoms with E-state index in [1.807, 2.05) is 12.1 Å². The van der Waals surface area contributed by atoms with Crippen LogP contribution in [0.25, 0.3) is 106 Å². The molecule has 0 unspecified atom stereocenters. The number of nitrogens with zero attached hydrogens (tertiary/aromatic N) is 3. The van der Waals surface area contributed by atoms with E-state index in [1.165, 1.54) is 66.0 Å². The quantitative estimate of drug-likeness (QED) is 0.182. The van der Waals surface area contributed by atoms with Gasteiger partial charge in [-0.2, -0.15) is 0 Å². The third-order valence-corrected chi connectivity index (χ3v) is 10.8. The van der Waals surface area contributed by atoms with Crippen molar-refractivity contribution in [1.29, 1.82) is 0 Å². The molecule has 0 spiro atoms. The third-order valence-electron chi connectivity index (χ3n) is 10.8. The molecule has 3 nitrogen and oxygen atoms in total. The summed E-state index contributed by atoms with van der Waals surface area (Å²) in [5.41, 5.74) is 16.0. The largest absolute Gasteiger partial charge is 0.309 e. The molecule has 3 heteroatoms. The Hall–Kier alpha value is -7.10. The fourth-order valence-electron chi connectivity index (χ4n) is 8.30. The second-order valence-electron chi connectivity index (χ2n) is 13.8. The number of para-hydroxylation sites is 1. The van der Waals surface area contributed by atoms with E-state index in [2.05, 4.69) is 180 Å². The molecule has 0 fully saturated rings. The molecular formula is C50H31N3. The normalized spacial score (nSPS) is 11.8. The molecule has 53 heavy (non-hydrogen) atoms. The summed E-state index contributed by atoms with van der Waals surface area (Å²) in [5.74, 6) is 0.699. The minimum Gasteiger partial charge on any atom is -0.309 e. The first-order chi connectivity index (χ1) is 26.3. The summed E-state index contributed by atoms with van der Waals surface area (Å²) < 4.78 is 2.44. The highest BCUT2D eigenvalue weighted by Crippen LogP contribution is 2.52. The monoisotopic (exact) mass is 673 g/mol. The van der Waals surface area contributed by atoms with E-state index in [1.54, 1.807) is 0 Å². The minimum absolute atomic E-state index is 0.699. The first-order valence-corrected chi connectivity index (χ1v) is 18.1. The molecule has 0 amide bonds. The molecule has 0 N–H and O–H groups in total. The van der Waals surface area contributed by atoms with Crippen LogP contribution >= 0.6 is 0 Å². The average molecular weight is 674 g/mol. The van der Waals surface area contributed by atoms with Crippen LogP contribution in [0.3, 0.4) is 0 Å². The zero-order valence-electron chi connectivity index (χ0n) is 28.7. The maximum Gasteiger partial charge on any atom is 0.160 e. The van der Waals surface area contributed by atoms with E-state index in [4.69, 9.17) is 9.97 Å². The van der Waals surface area contributed by atoms with Crippen molar-refractivity contribution in [2.24, 2.45) is 0 Å². The first kappa shape index (κ1) is 29.6. The van der Waals surface area contributed by atoms with Gasteiger partial charge in [-0.3, -0.25) is 0 Å². The Bertz CT molecular complexity index is 3010. The molecular weight excluding hydrogens is 643 g/mol. The maximum atomic E-state index is 5.17. The molecule has 0 saturated carbocycles. The van der Waals surface area contributed by atoms with Crippen LogP contribution in [0.1, 0.15) is 0 Å². The Morgan fingerprint density at radius 1 is 0.377 bits per heavy atom. The van der Waals surface area contributed by atoms with E-state index >= 15 is 0 Å². The van der Waals surface area contributed by atoms with E-state index < -0.39 is 0 Å². The van der Waals surface area contributed by atoms with Crippen LogP contribution in [0.5, 0.6) is 0 Å². The maximum absolute atomic E-state index is 5.17. The Labute approximate surface area is 307 Å². The lowest BCUT2D eigenvalue weighted by atomic mass is 10.00. The number of hydrogen-bond acceptors (Lipinski definition) is 2. The van der Waals surface area contributed by atoms with Crippen molar-refractivity contribution < 1.29 is 0 Å². The second-order valence-corrected chi connectivity index (χ2v) is 13.8. The van der Waals surface area contributed by atoms with Gasteiger partial charge in [-0.25, -0.2) is 9.97 Å². The van der Waals surface area contributed by atoms with Crippen molar-refractivity contribution in [3.05, 3.63) is 188 Å². The van der Waals surface area contributed by atoms with Crippen LogP contribution in [-0.2, 0) is 0 Å². The number of rotatable bonds is 5. The third kappa shape index (κ3) is 4.68. The fraction of sp³-hybridized carbons (Fsp3) is 0. The summed E-state index contributed by atoms with van der Waals surface area (Å²) in [5, 5.41) is 5.13. The highest BCUT2D eigenvalue weighted by Gasteiger charge is 2.26. The van der Waals surface area contributed by atoms with Crippen LogP contribution in [-0.4, -0.2) is 14.5 Å². The molecule has 10 aromatic rings. The molecule has 2 aromatic heterocycles. The molecule has 0 saturated heterocycles. The van der Waals surface area contributed by atoms with Crippen molar-refractivity contribution in [1.82, 2.24) is 14.5 Å². The summed E-state index contributed by atoms with van der Waals surface area (Å²) >= 11 is 0. The van der Waals surface area contributed by atoms with E-state index in [-0.39, 0.29) is 0 Å². The topological polar surface area (TPSA) is 30.7 Å². The van der Waals surface area contributed by atoms with Crippen LogP contribution in [0.4, 0.5) is 0 Å². The number of aromatic nitrogens is 3. The smallest absolute Gasteiger partial charge is 0.160 e. The van der Waals surface area contributed by atoms with Gasteiger partial charge in [0.05, 0.1) is 22.4 Å². The molecule has 1 aliphatic carbocycles. The average Bonchev–Trinajstić information content (AvgIpc) is 3.75. The van der Waals surface area contributed by atoms with Gasteiger partial charge in [-0.15, -0.1) is 0 Å². The molecule has 246 valence electrons. The standard InChI is InChI=1S/C50H31N3/c1-3-11-32(12-4-1)33-21-23-35(24-22-33)45-31-44(34-13-5-2-6-14-34)51-50(52-45)37-25-27-38(28-26-37)53-46-20-8-7-17-39(46)42-30-29-41-40-18-9-15-36-16-10-19-43(47(36)40)48(41)49(42)53/h1-31H. The van der Waals surface area contributed by atoms with Gasteiger partial charge in [0.15, 0.2) is 5.82 Å². The molecule has 1 aliphatic rings. The molecule has 0 radical (unpaired) electrons. The van der Waals surface area contributed by atoms with Gasteiger partial charge >= 0.3 is 0 Å². The predicted octanol–water partition coefficient (Wildman–Crippen LogP) is 13.0. The Kier molecular flexibility index (Phi) is 6.55. The van der Waals surface area contributed by atoms with Crippen molar-refractivity contribution in [3.8, 4) is 73.0 Å². The number of benzene rings is 8. The van der Waals surface area contributed by atoms with Gasteiger partial charge in [0.2, 0.25) is 0 Å². The van der Waals surface area contributed by atoms with Gasteiger partial charge in [0.25, 0.3) is 0 Å². The van der Waals surface area contributed by atoms with Gasteiger partial charge in [-0.05, 0) is 75.0 Å². The SMILES string of the molecule is c1ccc(-c2ccc(-c3cc(-c4ccccc4)nc(-c4ccc(-n5c6ccccc6c6ccc7c(c65)-c5cccc6cccc-7c56)cc4)n3)cc2)cc1. The first-order valence-electron chi connectivity index (χ1n) is 18.1. The van der Waals surface area contributed by atoms with E-state index in [9.17, 15) is 0 Å². The highest BCUT2D eigenvalue weighted by molar-refractivity contribution is 6.24. The molecule has 0 aliphatic heterocycles. The van der Waals surface area contributed by atoms with Crippen molar-refractivity contribution in [2.45, 2.75) is 0 Å².